The number of alkyl halides is 4. The predicted molar refractivity (Wildman–Crippen MR) is 137 cm³/mol. The van der Waals surface area contributed by atoms with E-state index < -0.39 is 51.8 Å². The van der Waals surface area contributed by atoms with Crippen molar-refractivity contribution < 1.29 is 54.8 Å². The van der Waals surface area contributed by atoms with Gasteiger partial charge in [-0.05, 0) is 73.0 Å². The van der Waals surface area contributed by atoms with Gasteiger partial charge in [0.15, 0.2) is 0 Å². The molecule has 0 aromatic heterocycles. The summed E-state index contributed by atoms with van der Waals surface area (Å²) in [6, 6.07) is 0. The molecule has 1 unspecified atom stereocenters. The van der Waals surface area contributed by atoms with Crippen molar-refractivity contribution >= 4 is 27.7 Å². The second-order valence-electron chi connectivity index (χ2n) is 13.3. The molecular weight excluding hydrogens is 572 g/mol. The molecule has 4 saturated carbocycles. The van der Waals surface area contributed by atoms with E-state index in [2.05, 4.69) is 11.7 Å². The molecule has 0 bridgehead atoms. The fraction of sp³-hybridized carbons (Fsp3) is 0.893. The largest absolute Gasteiger partial charge is 0.465 e. The summed E-state index contributed by atoms with van der Waals surface area (Å²) in [6.07, 6.45) is 1.67. The van der Waals surface area contributed by atoms with Gasteiger partial charge in [-0.1, -0.05) is 20.8 Å². The van der Waals surface area contributed by atoms with Crippen molar-refractivity contribution in [2.24, 2.45) is 46.3 Å². The second-order valence-corrected chi connectivity index (χ2v) is 14.8. The summed E-state index contributed by atoms with van der Waals surface area (Å²) in [5.41, 5.74) is -0.882. The Morgan fingerprint density at radius 1 is 1.12 bits per heavy atom. The van der Waals surface area contributed by atoms with Crippen molar-refractivity contribution in [1.82, 2.24) is 0 Å². The van der Waals surface area contributed by atoms with Crippen LogP contribution in [0.2, 0.25) is 0 Å². The highest BCUT2D eigenvalue weighted by Crippen LogP contribution is 2.67. The molecule has 8 nitrogen and oxygen atoms in total. The summed E-state index contributed by atoms with van der Waals surface area (Å²) < 4.78 is 88.2. The number of ether oxygens (including phenoxy) is 1. The predicted octanol–water partition coefficient (Wildman–Crippen LogP) is 4.83. The molecule has 0 heterocycles. The number of rotatable bonds is 9. The first-order valence-corrected chi connectivity index (χ1v) is 15.8. The molecule has 0 aliphatic heterocycles. The monoisotopic (exact) mass is 612 g/mol. The van der Waals surface area contributed by atoms with E-state index in [1.807, 2.05) is 13.8 Å². The fourth-order valence-electron chi connectivity index (χ4n) is 8.92. The first kappa shape index (κ1) is 32.3. The van der Waals surface area contributed by atoms with Gasteiger partial charge in [-0.2, -0.15) is 26.0 Å². The Hall–Kier alpha value is -1.60. The van der Waals surface area contributed by atoms with Crippen LogP contribution in [0.15, 0.2) is 0 Å². The van der Waals surface area contributed by atoms with Gasteiger partial charge < -0.3 is 9.84 Å². The Morgan fingerprint density at radius 3 is 2.41 bits per heavy atom. The van der Waals surface area contributed by atoms with Gasteiger partial charge in [0.25, 0.3) is 0 Å². The zero-order valence-corrected chi connectivity index (χ0v) is 24.4. The van der Waals surface area contributed by atoms with Crippen LogP contribution >= 0.6 is 0 Å². The highest BCUT2D eigenvalue weighted by atomic mass is 32.2. The van der Waals surface area contributed by atoms with Gasteiger partial charge >= 0.3 is 27.3 Å². The van der Waals surface area contributed by atoms with Crippen LogP contribution in [0.1, 0.15) is 85.0 Å². The summed E-state index contributed by atoms with van der Waals surface area (Å²) in [7, 11) is -6.36. The lowest BCUT2D eigenvalue weighted by atomic mass is 9.43. The lowest BCUT2D eigenvalue weighted by Crippen LogP contribution is -2.61. The number of ketones is 2. The quantitative estimate of drug-likeness (QED) is 0.215. The number of aliphatic hydroxyl groups is 1. The van der Waals surface area contributed by atoms with Crippen LogP contribution in [-0.4, -0.2) is 59.5 Å². The molecule has 0 amide bonds. The number of esters is 1. The third-order valence-corrected chi connectivity index (χ3v) is 12.3. The first-order valence-electron chi connectivity index (χ1n) is 14.4. The molecule has 2 N–H and O–H groups in total. The third kappa shape index (κ3) is 5.36. The Labute approximate surface area is 237 Å². The van der Waals surface area contributed by atoms with Crippen LogP contribution in [0.4, 0.5) is 17.6 Å². The van der Waals surface area contributed by atoms with E-state index in [1.165, 1.54) is 0 Å². The highest BCUT2D eigenvalue weighted by Gasteiger charge is 2.67. The van der Waals surface area contributed by atoms with Gasteiger partial charge in [0.05, 0.1) is 19.1 Å². The Bertz CT molecular complexity index is 1180. The molecule has 0 spiro atoms. The van der Waals surface area contributed by atoms with Gasteiger partial charge in [-0.3, -0.25) is 18.9 Å². The Morgan fingerprint density at radius 2 is 1.78 bits per heavy atom. The van der Waals surface area contributed by atoms with Crippen LogP contribution in [0, 0.1) is 46.3 Å². The van der Waals surface area contributed by atoms with E-state index in [9.17, 15) is 45.5 Å². The summed E-state index contributed by atoms with van der Waals surface area (Å²) in [6.45, 7) is 4.85. The molecule has 0 aromatic carbocycles. The molecule has 234 valence electrons. The topological polar surface area (TPSA) is 135 Å². The molecule has 9 atom stereocenters. The maximum absolute atomic E-state index is 13.8. The number of fused-ring (bicyclic) bond motifs is 5. The van der Waals surface area contributed by atoms with Gasteiger partial charge in [0, 0.05) is 31.1 Å². The summed E-state index contributed by atoms with van der Waals surface area (Å²) >= 11 is 0. The standard InChI is InChI=1S/C28H40F4O8S/c1-15(4-7-23(36)40-11-10-27(29,30)28(31,32)41(37,38)39)18-5-6-19-24-20(14-22(35)26(18,19)3)25(2)9-8-17(33)12-16(25)13-21(24)34/h15-16,18-21,24,34H,4-14H2,1-3H3,(H,37,38,39)/t15-,16+,18-,19+,20+,21?,24+,25+,26-/m1/s1. The zero-order chi connectivity index (χ0) is 30.8. The van der Waals surface area contributed by atoms with Crippen molar-refractivity contribution in [2.75, 3.05) is 6.61 Å². The van der Waals surface area contributed by atoms with Crippen LogP contribution in [0.5, 0.6) is 0 Å². The van der Waals surface area contributed by atoms with E-state index in [0.717, 1.165) is 12.8 Å². The van der Waals surface area contributed by atoms with E-state index >= 15 is 0 Å². The van der Waals surface area contributed by atoms with Crippen molar-refractivity contribution in [3.05, 3.63) is 0 Å². The summed E-state index contributed by atoms with van der Waals surface area (Å²) in [5.74, 6) is -5.97. The number of hydrogen-bond donors (Lipinski definition) is 2. The molecule has 0 saturated heterocycles. The van der Waals surface area contributed by atoms with Gasteiger partial charge in [-0.25, -0.2) is 0 Å². The molecular formula is C28H40F4O8S. The van der Waals surface area contributed by atoms with E-state index in [1.54, 1.807) is 0 Å². The van der Waals surface area contributed by atoms with Crippen molar-refractivity contribution in [2.45, 2.75) is 102 Å². The summed E-state index contributed by atoms with van der Waals surface area (Å²) in [5, 5.41) is 5.57. The van der Waals surface area contributed by atoms with Crippen molar-refractivity contribution in [3.63, 3.8) is 0 Å². The minimum Gasteiger partial charge on any atom is -0.465 e. The number of carbonyl (C=O) groups is 3. The van der Waals surface area contributed by atoms with E-state index in [-0.39, 0.29) is 65.3 Å². The number of Topliss-reactive ketones (excluding diaryl/α,β-unsaturated/α-hetero) is 2. The molecule has 4 aliphatic rings. The van der Waals surface area contributed by atoms with Crippen LogP contribution in [-0.2, 0) is 29.2 Å². The van der Waals surface area contributed by atoms with Crippen molar-refractivity contribution in [3.8, 4) is 0 Å². The first-order chi connectivity index (χ1) is 18.8. The minimum absolute atomic E-state index is 0.00489. The van der Waals surface area contributed by atoms with E-state index in [0.29, 0.717) is 32.1 Å². The minimum atomic E-state index is -6.36. The SMILES string of the molecule is C[C@H](CCC(=O)OCCC(F)(F)C(F)(F)S(=O)(=O)O)[C@H]1CC[C@H]2[C@@H]3C(O)C[C@@H]4CC(=O)CC[C@]4(C)[C@H]3CC(=O)[C@]12C. The van der Waals surface area contributed by atoms with Gasteiger partial charge in [0.2, 0.25) is 0 Å². The van der Waals surface area contributed by atoms with Crippen LogP contribution in [0.3, 0.4) is 0 Å². The Balaban J connectivity index is 1.37. The van der Waals surface area contributed by atoms with E-state index in [4.69, 9.17) is 4.55 Å². The lowest BCUT2D eigenvalue weighted by Gasteiger charge is -2.61. The number of hydrogen-bond acceptors (Lipinski definition) is 7. The molecule has 0 radical (unpaired) electrons. The molecule has 4 rings (SSSR count). The maximum atomic E-state index is 13.8. The third-order valence-electron chi connectivity index (χ3n) is 11.4. The number of aliphatic hydroxyl groups excluding tert-OH is 1. The number of halogens is 4. The molecule has 4 aliphatic carbocycles. The molecule has 4 fully saturated rings. The summed E-state index contributed by atoms with van der Waals surface area (Å²) in [4.78, 5) is 38.2. The maximum Gasteiger partial charge on any atom is 0.431 e. The average molecular weight is 613 g/mol. The molecule has 0 aromatic rings. The molecule has 13 heteroatoms. The lowest BCUT2D eigenvalue weighted by molar-refractivity contribution is -0.177. The second kappa shape index (κ2) is 10.8. The van der Waals surface area contributed by atoms with Crippen molar-refractivity contribution in [1.29, 1.82) is 0 Å². The highest BCUT2D eigenvalue weighted by molar-refractivity contribution is 7.87. The van der Waals surface area contributed by atoms with Crippen LogP contribution in [0.25, 0.3) is 0 Å². The average Bonchev–Trinajstić information content (AvgIpc) is 3.22. The van der Waals surface area contributed by atoms with Crippen LogP contribution < -0.4 is 0 Å². The normalized spacial score (nSPS) is 38.6. The zero-order valence-electron chi connectivity index (χ0n) is 23.6. The van der Waals surface area contributed by atoms with Gasteiger partial charge in [-0.15, -0.1) is 0 Å². The molecule has 41 heavy (non-hydrogen) atoms. The van der Waals surface area contributed by atoms with Gasteiger partial charge in [0.1, 0.15) is 11.6 Å². The smallest absolute Gasteiger partial charge is 0.431 e. The fourth-order valence-corrected chi connectivity index (χ4v) is 9.40. The Kier molecular flexibility index (Phi) is 8.54. The number of carbonyl (C=O) groups excluding carboxylic acids is 3.